The van der Waals surface area contributed by atoms with E-state index in [1.165, 1.54) is 6.92 Å². The number of carbonyl (C=O) groups excluding carboxylic acids is 7. The third kappa shape index (κ3) is 20.9. The Morgan fingerprint density at radius 1 is 0.709 bits per heavy atom. The minimum Gasteiger partial charge on any atom is -0.756 e. The molecule has 0 saturated carbocycles. The Morgan fingerprint density at radius 3 is 1.47 bits per heavy atom. The molecule has 1 fully saturated rings. The molecule has 5 N–H and O–H groups in total. The number of aliphatic hydroxyl groups excluding tert-OH is 2. The van der Waals surface area contributed by atoms with Crippen LogP contribution in [0.2, 0.25) is 0 Å². The SMILES string of the molecule is CC(=O)NC(CCCN([O-])C(=O)C=C(C)CCO)C(=O)OCC/C(C)=C\C(=O)N([O-])CCCC1NC(=O)C(CCCN([O-])C(=O)C=C(C)CCO)NC1=O.[Fe+3]. The van der Waals surface area contributed by atoms with Crippen LogP contribution in [-0.4, -0.2) is 124 Å². The van der Waals surface area contributed by atoms with Gasteiger partial charge >= 0.3 is 23.0 Å². The number of rotatable bonds is 24. The van der Waals surface area contributed by atoms with Crippen molar-refractivity contribution in [3.8, 4) is 0 Å². The number of hydroxylamine groups is 6. The van der Waals surface area contributed by atoms with Gasteiger partial charge in [0.1, 0.15) is 18.1 Å². The van der Waals surface area contributed by atoms with Crippen molar-refractivity contribution < 1.29 is 65.6 Å². The van der Waals surface area contributed by atoms with Crippen molar-refractivity contribution in [3.05, 3.63) is 50.6 Å². The first-order valence-electron chi connectivity index (χ1n) is 17.7. The minimum atomic E-state index is -1.09. The first kappa shape index (κ1) is 50.8. The van der Waals surface area contributed by atoms with Crippen LogP contribution in [0.15, 0.2) is 34.9 Å². The molecule has 1 heterocycles. The number of ether oxygens (including phenoxy) is 1. The number of carbonyl (C=O) groups is 7. The quantitative estimate of drug-likeness (QED) is 0.0380. The molecule has 19 nitrogen and oxygen atoms in total. The van der Waals surface area contributed by atoms with E-state index >= 15 is 0 Å². The Morgan fingerprint density at radius 2 is 1.09 bits per heavy atom. The van der Waals surface area contributed by atoms with Gasteiger partial charge in [-0.2, -0.15) is 0 Å². The van der Waals surface area contributed by atoms with E-state index in [0.717, 1.165) is 18.2 Å². The van der Waals surface area contributed by atoms with Crippen molar-refractivity contribution in [2.45, 2.75) is 104 Å². The van der Waals surface area contributed by atoms with Crippen LogP contribution < -0.4 is 16.0 Å². The number of hydrogen-bond acceptors (Lipinski definition) is 13. The van der Waals surface area contributed by atoms with E-state index in [4.69, 9.17) is 14.9 Å². The summed E-state index contributed by atoms with van der Waals surface area (Å²) in [6.07, 6.45) is 4.40. The van der Waals surface area contributed by atoms with Crippen molar-refractivity contribution in [3.63, 3.8) is 0 Å². The van der Waals surface area contributed by atoms with Crippen LogP contribution >= 0.6 is 0 Å². The average Bonchev–Trinajstić information content (AvgIpc) is 3.09. The van der Waals surface area contributed by atoms with Crippen LogP contribution in [0.3, 0.4) is 0 Å². The molecule has 1 radical (unpaired) electrons. The van der Waals surface area contributed by atoms with E-state index < -0.39 is 59.5 Å². The number of esters is 1. The number of amides is 6. The molecule has 0 bridgehead atoms. The summed E-state index contributed by atoms with van der Waals surface area (Å²) < 4.78 is 5.22. The minimum absolute atomic E-state index is 0. The summed E-state index contributed by atoms with van der Waals surface area (Å²) in [6.45, 7) is 4.73. The van der Waals surface area contributed by atoms with Gasteiger partial charge in [-0.3, -0.25) is 28.8 Å². The molecule has 0 aromatic heterocycles. The Labute approximate surface area is 331 Å². The van der Waals surface area contributed by atoms with Crippen LogP contribution in [0.1, 0.15) is 85.5 Å². The van der Waals surface area contributed by atoms with Gasteiger partial charge in [0.2, 0.25) is 35.4 Å². The number of aliphatic hydroxyl groups is 2. The molecule has 20 heteroatoms. The zero-order valence-electron chi connectivity index (χ0n) is 31.7. The largest absolute Gasteiger partial charge is 3.00 e. The molecule has 3 atom stereocenters. The molecule has 0 aromatic rings. The van der Waals surface area contributed by atoms with E-state index in [1.807, 2.05) is 0 Å². The van der Waals surface area contributed by atoms with E-state index in [2.05, 4.69) is 16.0 Å². The molecule has 6 amide bonds. The molecule has 309 valence electrons. The summed E-state index contributed by atoms with van der Waals surface area (Å²) in [4.78, 5) is 85.6. The molecule has 0 aliphatic carbocycles. The van der Waals surface area contributed by atoms with E-state index in [9.17, 15) is 49.2 Å². The number of nitrogens with zero attached hydrogens (tertiary/aromatic N) is 3. The Balaban J connectivity index is 0.0000292. The number of hydrogen-bond donors (Lipinski definition) is 5. The molecule has 0 aromatic carbocycles. The van der Waals surface area contributed by atoms with E-state index in [0.29, 0.717) is 16.7 Å². The molecule has 1 saturated heterocycles. The molecule has 1 aliphatic rings. The zero-order valence-corrected chi connectivity index (χ0v) is 32.8. The van der Waals surface area contributed by atoms with Crippen LogP contribution in [0, 0.1) is 15.6 Å². The van der Waals surface area contributed by atoms with Gasteiger partial charge in [-0.15, -0.1) is 0 Å². The maximum absolute atomic E-state index is 12.6. The Hall–Kier alpha value is -4.17. The van der Waals surface area contributed by atoms with E-state index in [1.54, 1.807) is 20.8 Å². The van der Waals surface area contributed by atoms with Gasteiger partial charge in [-0.05, 0) is 72.1 Å². The first-order valence-corrected chi connectivity index (χ1v) is 17.7. The van der Waals surface area contributed by atoms with Gasteiger partial charge in [-0.1, -0.05) is 16.7 Å². The van der Waals surface area contributed by atoms with Gasteiger partial charge in [0.05, 0.1) is 6.61 Å². The molecular weight excluding hydrogens is 768 g/mol. The zero-order chi connectivity index (χ0) is 40.8. The van der Waals surface area contributed by atoms with Crippen molar-refractivity contribution in [1.82, 2.24) is 31.1 Å². The topological polar surface area (TPSA) is 284 Å². The fourth-order valence-corrected chi connectivity index (χ4v) is 5.05. The third-order valence-corrected chi connectivity index (χ3v) is 8.09. The van der Waals surface area contributed by atoms with Crippen molar-refractivity contribution in [2.75, 3.05) is 39.5 Å². The fraction of sp³-hybridized carbons (Fsp3) is 0.629. The maximum atomic E-state index is 12.6. The van der Waals surface area contributed by atoms with Crippen LogP contribution in [0.5, 0.6) is 0 Å². The van der Waals surface area contributed by atoms with Gasteiger partial charge < -0.3 is 61.7 Å². The summed E-state index contributed by atoms with van der Waals surface area (Å²) >= 11 is 0. The third-order valence-electron chi connectivity index (χ3n) is 8.09. The average molecular weight is 822 g/mol. The first-order chi connectivity index (χ1) is 25.5. The molecule has 55 heavy (non-hydrogen) atoms. The Bertz CT molecular complexity index is 1410. The van der Waals surface area contributed by atoms with Gasteiger partial charge in [0.25, 0.3) is 0 Å². The van der Waals surface area contributed by atoms with Crippen LogP contribution in [0.4, 0.5) is 0 Å². The number of nitrogens with one attached hydrogen (secondary N) is 3. The van der Waals surface area contributed by atoms with Crippen molar-refractivity contribution in [2.24, 2.45) is 0 Å². The van der Waals surface area contributed by atoms with Gasteiger partial charge in [0.15, 0.2) is 0 Å². The molecule has 0 spiro atoms. The summed E-state index contributed by atoms with van der Waals surface area (Å²) in [5.41, 5.74) is 1.50. The summed E-state index contributed by atoms with van der Waals surface area (Å²) in [5.74, 6) is -4.75. The smallest absolute Gasteiger partial charge is 0.756 e. The summed E-state index contributed by atoms with van der Waals surface area (Å²) in [6, 6.07) is -2.94. The monoisotopic (exact) mass is 821 g/mol. The Kier molecular flexibility index (Phi) is 25.3. The second kappa shape index (κ2) is 27.4. The molecule has 1 rings (SSSR count). The predicted octanol–water partition coefficient (Wildman–Crippen LogP) is 0.329. The van der Waals surface area contributed by atoms with Gasteiger partial charge in [-0.25, -0.2) is 4.79 Å². The predicted molar refractivity (Wildman–Crippen MR) is 195 cm³/mol. The van der Waals surface area contributed by atoms with Crippen molar-refractivity contribution in [1.29, 1.82) is 0 Å². The standard InChI is InChI=1S/C35H53N6O13.Fe/c1-23(11-17-42)20-30(45)39(51)14-5-8-27-33(48)38-28(34(49)37-27)9-6-15-40(52)32(47)22-25(3)13-19-54-35(50)29(36-26(4)44)10-7-16-41(53)31(46)21-24(2)12-18-43;/h20-22,27-29,42-43H,5-19H2,1-4H3,(H,36,44)(H,37,49)(H,38,48);/q-3;+3/b23-20?,24-21?,25-22-;. The molecular formula is C35H53FeN6O13. The maximum Gasteiger partial charge on any atom is 3.00 e. The number of piperazine rings is 1. The van der Waals surface area contributed by atoms with Crippen LogP contribution in [0.25, 0.3) is 0 Å². The normalized spacial score (nSPS) is 16.6. The van der Waals surface area contributed by atoms with Crippen LogP contribution in [-0.2, 0) is 55.4 Å². The fourth-order valence-electron chi connectivity index (χ4n) is 5.05. The second-order valence-corrected chi connectivity index (χ2v) is 13.0. The summed E-state index contributed by atoms with van der Waals surface area (Å²) in [7, 11) is 0. The summed E-state index contributed by atoms with van der Waals surface area (Å²) in [5, 5.41) is 62.4. The van der Waals surface area contributed by atoms with Gasteiger partial charge in [0, 0.05) is 64.4 Å². The van der Waals surface area contributed by atoms with Crippen molar-refractivity contribution >= 4 is 41.4 Å². The van der Waals surface area contributed by atoms with E-state index in [-0.39, 0.29) is 130 Å². The second-order valence-electron chi connectivity index (χ2n) is 13.0. The molecule has 1 aliphatic heterocycles. The molecule has 3 unspecified atom stereocenters.